The zero-order valence-corrected chi connectivity index (χ0v) is 13.4. The van der Waals surface area contributed by atoms with Crippen LogP contribution in [-0.4, -0.2) is 15.0 Å². The van der Waals surface area contributed by atoms with Crippen LogP contribution >= 0.6 is 27.5 Å². The third-order valence-electron chi connectivity index (χ3n) is 3.71. The fourth-order valence-corrected chi connectivity index (χ4v) is 3.41. The molecular weight excluding hydrogens is 338 g/mol. The first kappa shape index (κ1) is 14.0. The van der Waals surface area contributed by atoms with Gasteiger partial charge in [0.05, 0.1) is 10.2 Å². The molecule has 0 N–H and O–H groups in total. The van der Waals surface area contributed by atoms with Crippen molar-refractivity contribution in [1.29, 1.82) is 0 Å². The van der Waals surface area contributed by atoms with E-state index in [9.17, 15) is 0 Å². The minimum Gasteiger partial charge on any atom is -0.264 e. The topological polar surface area (TPSA) is 38.7 Å². The van der Waals surface area contributed by atoms with Crippen molar-refractivity contribution >= 4 is 27.5 Å². The summed E-state index contributed by atoms with van der Waals surface area (Å²) in [5.41, 5.74) is 2.17. The molecule has 20 heavy (non-hydrogen) atoms. The first-order valence-corrected chi connectivity index (χ1v) is 8.02. The molecule has 0 bridgehead atoms. The zero-order valence-electron chi connectivity index (χ0n) is 11.0. The van der Waals surface area contributed by atoms with Crippen molar-refractivity contribution in [3.05, 3.63) is 51.2 Å². The molecule has 3 rings (SSSR count). The van der Waals surface area contributed by atoms with E-state index in [0.717, 1.165) is 21.6 Å². The number of pyridine rings is 1. The highest BCUT2D eigenvalue weighted by Crippen LogP contribution is 2.38. The van der Waals surface area contributed by atoms with Gasteiger partial charge in [0.15, 0.2) is 0 Å². The molecule has 2 aromatic heterocycles. The number of hydrogen-bond donors (Lipinski definition) is 0. The minimum absolute atomic E-state index is 0.512. The predicted octanol–water partition coefficient (Wildman–Crippen LogP) is 4.54. The fraction of sp³-hybridized carbons (Fsp3) is 0.400. The maximum absolute atomic E-state index is 6.25. The van der Waals surface area contributed by atoms with E-state index in [0.29, 0.717) is 17.5 Å². The van der Waals surface area contributed by atoms with Crippen LogP contribution in [0.5, 0.6) is 0 Å². The van der Waals surface area contributed by atoms with Gasteiger partial charge < -0.3 is 0 Å². The Morgan fingerprint density at radius 2 is 2.05 bits per heavy atom. The van der Waals surface area contributed by atoms with Gasteiger partial charge in [-0.15, -0.1) is 0 Å². The Morgan fingerprint density at radius 3 is 2.75 bits per heavy atom. The van der Waals surface area contributed by atoms with Crippen molar-refractivity contribution in [3.63, 3.8) is 0 Å². The van der Waals surface area contributed by atoms with Gasteiger partial charge in [0.25, 0.3) is 0 Å². The summed E-state index contributed by atoms with van der Waals surface area (Å²) < 4.78 is 0.862. The number of hydrogen-bond acceptors (Lipinski definition) is 3. The molecule has 1 aliphatic rings. The molecule has 104 valence electrons. The Hall–Kier alpha value is -1.00. The first-order valence-electron chi connectivity index (χ1n) is 6.85. The van der Waals surface area contributed by atoms with Crippen LogP contribution in [0.2, 0.25) is 5.15 Å². The predicted molar refractivity (Wildman–Crippen MR) is 83.0 cm³/mol. The van der Waals surface area contributed by atoms with E-state index in [1.54, 1.807) is 6.20 Å². The molecule has 0 atom stereocenters. The van der Waals surface area contributed by atoms with Crippen molar-refractivity contribution in [1.82, 2.24) is 15.0 Å². The van der Waals surface area contributed by atoms with Crippen LogP contribution in [0.3, 0.4) is 0 Å². The van der Waals surface area contributed by atoms with E-state index >= 15 is 0 Å². The SMILES string of the molecule is Clc1nc(Cc2cccnc2)nc(C2CCCC2)c1Br. The van der Waals surface area contributed by atoms with Crippen molar-refractivity contribution in [2.45, 2.75) is 38.0 Å². The lowest BCUT2D eigenvalue weighted by Gasteiger charge is -2.13. The maximum atomic E-state index is 6.25. The molecular formula is C15H15BrClN3. The molecule has 0 spiro atoms. The van der Waals surface area contributed by atoms with Crippen LogP contribution in [0.1, 0.15) is 48.7 Å². The highest BCUT2D eigenvalue weighted by Gasteiger charge is 2.23. The van der Waals surface area contributed by atoms with Crippen LogP contribution < -0.4 is 0 Å². The van der Waals surface area contributed by atoms with E-state index < -0.39 is 0 Å². The average Bonchev–Trinajstić information content (AvgIpc) is 2.98. The molecule has 0 unspecified atom stereocenters. The lowest BCUT2D eigenvalue weighted by atomic mass is 10.0. The summed E-state index contributed by atoms with van der Waals surface area (Å²) in [6.07, 6.45) is 9.21. The summed E-state index contributed by atoms with van der Waals surface area (Å²) in [6, 6.07) is 3.95. The van der Waals surface area contributed by atoms with E-state index in [4.69, 9.17) is 16.6 Å². The van der Waals surface area contributed by atoms with Crippen LogP contribution in [-0.2, 0) is 6.42 Å². The molecule has 0 aliphatic heterocycles. The van der Waals surface area contributed by atoms with Gasteiger partial charge in [-0.05, 0) is 40.4 Å². The van der Waals surface area contributed by atoms with Gasteiger partial charge in [0, 0.05) is 24.7 Å². The maximum Gasteiger partial charge on any atom is 0.147 e. The monoisotopic (exact) mass is 351 g/mol. The van der Waals surface area contributed by atoms with Crippen molar-refractivity contribution in [2.24, 2.45) is 0 Å². The normalized spacial score (nSPS) is 15.7. The summed E-state index contributed by atoms with van der Waals surface area (Å²) in [5.74, 6) is 1.28. The van der Waals surface area contributed by atoms with Crippen molar-refractivity contribution in [3.8, 4) is 0 Å². The third-order valence-corrected chi connectivity index (χ3v) is 4.99. The summed E-state index contributed by atoms with van der Waals surface area (Å²) in [5, 5.41) is 0.515. The number of nitrogens with zero attached hydrogens (tertiary/aromatic N) is 3. The van der Waals surface area contributed by atoms with Crippen LogP contribution in [0.15, 0.2) is 29.0 Å². The van der Waals surface area contributed by atoms with Gasteiger partial charge in [0.2, 0.25) is 0 Å². The molecule has 0 aromatic carbocycles. The third kappa shape index (κ3) is 3.01. The summed E-state index contributed by atoms with van der Waals surface area (Å²) >= 11 is 9.79. The lowest BCUT2D eigenvalue weighted by Crippen LogP contribution is -2.06. The van der Waals surface area contributed by atoms with E-state index in [1.165, 1.54) is 25.7 Å². The molecule has 2 aromatic rings. The first-order chi connectivity index (χ1) is 9.74. The molecule has 3 nitrogen and oxygen atoms in total. The quantitative estimate of drug-likeness (QED) is 0.761. The number of rotatable bonds is 3. The van der Waals surface area contributed by atoms with E-state index in [1.807, 2.05) is 18.3 Å². The highest BCUT2D eigenvalue weighted by atomic mass is 79.9. The second-order valence-electron chi connectivity index (χ2n) is 5.15. The molecule has 2 heterocycles. The Kier molecular flexibility index (Phi) is 4.32. The van der Waals surface area contributed by atoms with Gasteiger partial charge in [-0.25, -0.2) is 9.97 Å². The van der Waals surface area contributed by atoms with Gasteiger partial charge in [-0.2, -0.15) is 0 Å². The summed E-state index contributed by atoms with van der Waals surface area (Å²) in [7, 11) is 0. The van der Waals surface area contributed by atoms with Gasteiger partial charge in [-0.1, -0.05) is 30.5 Å². The lowest BCUT2D eigenvalue weighted by molar-refractivity contribution is 0.681. The van der Waals surface area contributed by atoms with E-state index in [-0.39, 0.29) is 0 Å². The highest BCUT2D eigenvalue weighted by molar-refractivity contribution is 9.10. The average molecular weight is 353 g/mol. The molecule has 1 fully saturated rings. The summed E-state index contributed by atoms with van der Waals surface area (Å²) in [6.45, 7) is 0. The standard InChI is InChI=1S/C15H15BrClN3/c16-13-14(11-5-1-2-6-11)19-12(20-15(13)17)8-10-4-3-7-18-9-10/h3-4,7,9,11H,1-2,5-6,8H2. The molecule has 0 radical (unpaired) electrons. The van der Waals surface area contributed by atoms with Crippen LogP contribution in [0.25, 0.3) is 0 Å². The molecule has 0 amide bonds. The second-order valence-corrected chi connectivity index (χ2v) is 6.30. The van der Waals surface area contributed by atoms with Crippen molar-refractivity contribution < 1.29 is 0 Å². The van der Waals surface area contributed by atoms with Crippen molar-refractivity contribution in [2.75, 3.05) is 0 Å². The number of aromatic nitrogens is 3. The smallest absolute Gasteiger partial charge is 0.147 e. The number of halogens is 2. The fourth-order valence-electron chi connectivity index (χ4n) is 2.72. The largest absolute Gasteiger partial charge is 0.264 e. The minimum atomic E-state index is 0.512. The summed E-state index contributed by atoms with van der Waals surface area (Å²) in [4.78, 5) is 13.2. The van der Waals surface area contributed by atoms with Gasteiger partial charge >= 0.3 is 0 Å². The molecule has 1 aliphatic carbocycles. The Bertz CT molecular complexity index is 598. The Balaban J connectivity index is 1.92. The second kappa shape index (κ2) is 6.19. The van der Waals surface area contributed by atoms with Gasteiger partial charge in [0.1, 0.15) is 11.0 Å². The van der Waals surface area contributed by atoms with Crippen LogP contribution in [0, 0.1) is 0 Å². The van der Waals surface area contributed by atoms with Gasteiger partial charge in [-0.3, -0.25) is 4.98 Å². The van der Waals surface area contributed by atoms with Crippen LogP contribution in [0.4, 0.5) is 0 Å². The Morgan fingerprint density at radius 1 is 1.25 bits per heavy atom. The molecule has 0 saturated heterocycles. The zero-order chi connectivity index (χ0) is 13.9. The van der Waals surface area contributed by atoms with E-state index in [2.05, 4.69) is 25.9 Å². The Labute approximate surface area is 132 Å². The molecule has 1 saturated carbocycles. The molecule has 5 heteroatoms.